The molecule has 0 radical (unpaired) electrons. The van der Waals surface area contributed by atoms with E-state index in [2.05, 4.69) is 9.97 Å². The number of rotatable bonds is 0. The molecule has 4 heteroatoms. The molecule has 2 aliphatic rings. The minimum Gasteiger partial charge on any atom is -0.368 e. The highest BCUT2D eigenvalue weighted by atomic mass is 16.1. The summed E-state index contributed by atoms with van der Waals surface area (Å²) in [5.74, 6) is 0.0173. The molecule has 1 aliphatic carbocycles. The second-order valence-corrected chi connectivity index (χ2v) is 2.60. The zero-order valence-electron chi connectivity index (χ0n) is 6.77. The zero-order chi connectivity index (χ0) is 9.26. The summed E-state index contributed by atoms with van der Waals surface area (Å²) in [6.07, 6.45) is 0. The van der Waals surface area contributed by atoms with Gasteiger partial charge in [-0.2, -0.15) is 4.98 Å². The molecule has 0 saturated heterocycles. The lowest BCUT2D eigenvalue weighted by Gasteiger charge is -1.97. The van der Waals surface area contributed by atoms with Crippen LogP contribution in [-0.2, 0) is 0 Å². The Morgan fingerprint density at radius 1 is 1.08 bits per heavy atom. The molecule has 4 nitrogen and oxygen atoms in total. The van der Waals surface area contributed by atoms with Crippen LogP contribution in [0.1, 0.15) is 0 Å². The van der Waals surface area contributed by atoms with Crippen molar-refractivity contribution in [2.75, 3.05) is 5.73 Å². The maximum atomic E-state index is 11.3. The second kappa shape index (κ2) is 2.82. The van der Waals surface area contributed by atoms with Crippen LogP contribution in [-0.4, -0.2) is 9.97 Å². The van der Waals surface area contributed by atoms with E-state index in [0.717, 1.165) is 0 Å². The van der Waals surface area contributed by atoms with Crippen LogP contribution in [0, 0.1) is 0 Å². The Labute approximate surface area is 74.4 Å². The first-order valence-electron chi connectivity index (χ1n) is 3.80. The Morgan fingerprint density at radius 3 is 2.69 bits per heavy atom. The highest BCUT2D eigenvalue weighted by Crippen LogP contribution is 2.11. The largest absolute Gasteiger partial charge is 0.368 e. The number of aromatic nitrogens is 2. The van der Waals surface area contributed by atoms with Gasteiger partial charge in [-0.1, -0.05) is 18.2 Å². The lowest BCUT2D eigenvalue weighted by molar-refractivity contribution is 1.14. The Bertz CT molecular complexity index is 469. The van der Waals surface area contributed by atoms with Crippen molar-refractivity contribution in [2.45, 2.75) is 0 Å². The molecule has 1 aliphatic heterocycles. The lowest BCUT2D eigenvalue weighted by Crippen LogP contribution is -2.13. The first-order valence-corrected chi connectivity index (χ1v) is 3.80. The molecular weight excluding hydrogens is 166 g/mol. The minimum absolute atomic E-state index is 0.0173. The van der Waals surface area contributed by atoms with Crippen LogP contribution >= 0.6 is 0 Å². The van der Waals surface area contributed by atoms with Gasteiger partial charge in [-0.25, -0.2) is 4.98 Å². The van der Waals surface area contributed by atoms with Crippen molar-refractivity contribution in [1.82, 2.24) is 9.97 Å². The van der Waals surface area contributed by atoms with Crippen molar-refractivity contribution in [3.63, 3.8) is 0 Å². The standard InChI is InChI=1S/C9H7N3O/c10-9-11-7-5-3-1-2-4-6(7)8(13)12-9/h1-5H,(H2,10,12,13). The number of nitrogens with zero attached hydrogens (tertiary/aromatic N) is 2. The zero-order valence-corrected chi connectivity index (χ0v) is 6.77. The molecule has 2 rings (SSSR count). The molecule has 0 aromatic rings. The van der Waals surface area contributed by atoms with Gasteiger partial charge in [0, 0.05) is 0 Å². The quantitative estimate of drug-likeness (QED) is 0.630. The summed E-state index contributed by atoms with van der Waals surface area (Å²) in [6.45, 7) is 0. The monoisotopic (exact) mass is 173 g/mol. The van der Waals surface area contributed by atoms with E-state index in [1.807, 2.05) is 6.07 Å². The molecule has 0 saturated carbocycles. The maximum Gasteiger partial charge on any atom is 0.282 e. The van der Waals surface area contributed by atoms with Gasteiger partial charge in [0.15, 0.2) is 0 Å². The van der Waals surface area contributed by atoms with Gasteiger partial charge < -0.3 is 5.73 Å². The molecule has 0 aromatic carbocycles. The van der Waals surface area contributed by atoms with Crippen LogP contribution in [0.2, 0.25) is 0 Å². The maximum absolute atomic E-state index is 11.3. The predicted octanol–water partition coefficient (Wildman–Crippen LogP) is 0.524. The lowest BCUT2D eigenvalue weighted by atomic mass is 10.2. The molecule has 0 fully saturated rings. The number of hydrogen-bond acceptors (Lipinski definition) is 4. The van der Waals surface area contributed by atoms with E-state index in [-0.39, 0.29) is 11.5 Å². The van der Waals surface area contributed by atoms with Crippen LogP contribution in [0.3, 0.4) is 0 Å². The summed E-state index contributed by atoms with van der Waals surface area (Å²) in [5, 5.41) is 0. The first-order chi connectivity index (χ1) is 6.27. The third-order valence-corrected chi connectivity index (χ3v) is 1.70. The van der Waals surface area contributed by atoms with Crippen molar-refractivity contribution in [3.8, 4) is 11.3 Å². The number of anilines is 1. The van der Waals surface area contributed by atoms with Crippen LogP contribution < -0.4 is 11.3 Å². The summed E-state index contributed by atoms with van der Waals surface area (Å²) in [4.78, 5) is 18.8. The van der Waals surface area contributed by atoms with Crippen LogP contribution in [0.15, 0.2) is 35.1 Å². The number of fused-ring (bicyclic) bond motifs is 1. The third kappa shape index (κ3) is 1.33. The number of nitrogens with two attached hydrogens (primary N) is 1. The molecule has 2 N–H and O–H groups in total. The van der Waals surface area contributed by atoms with Gasteiger partial charge in [-0.15, -0.1) is 0 Å². The van der Waals surface area contributed by atoms with Crippen molar-refractivity contribution >= 4 is 5.95 Å². The molecule has 64 valence electrons. The van der Waals surface area contributed by atoms with E-state index < -0.39 is 0 Å². The van der Waals surface area contributed by atoms with E-state index in [0.29, 0.717) is 11.3 Å². The van der Waals surface area contributed by atoms with Crippen molar-refractivity contribution in [3.05, 3.63) is 40.7 Å². The van der Waals surface area contributed by atoms with Gasteiger partial charge in [-0.3, -0.25) is 4.79 Å². The summed E-state index contributed by atoms with van der Waals surface area (Å²) in [6, 6.07) is 8.79. The normalized spacial score (nSPS) is 10.2. The van der Waals surface area contributed by atoms with E-state index >= 15 is 0 Å². The highest BCUT2D eigenvalue weighted by Gasteiger charge is 2.06. The number of nitrogen functional groups attached to an aromatic ring is 1. The van der Waals surface area contributed by atoms with Crippen molar-refractivity contribution in [2.24, 2.45) is 0 Å². The fraction of sp³-hybridized carbons (Fsp3) is 0. The molecule has 13 heavy (non-hydrogen) atoms. The van der Waals surface area contributed by atoms with E-state index in [1.54, 1.807) is 24.3 Å². The molecule has 0 spiro atoms. The summed E-state index contributed by atoms with van der Waals surface area (Å²) >= 11 is 0. The minimum atomic E-state index is -0.335. The molecular formula is C9H7N3O. The Kier molecular flexibility index (Phi) is 1.66. The van der Waals surface area contributed by atoms with Crippen LogP contribution in [0.4, 0.5) is 5.95 Å². The van der Waals surface area contributed by atoms with E-state index in [4.69, 9.17) is 5.73 Å². The predicted molar refractivity (Wildman–Crippen MR) is 49.3 cm³/mol. The number of hydrogen-bond donors (Lipinski definition) is 1. The smallest absolute Gasteiger partial charge is 0.282 e. The van der Waals surface area contributed by atoms with E-state index in [1.165, 1.54) is 0 Å². The van der Waals surface area contributed by atoms with E-state index in [9.17, 15) is 4.79 Å². The van der Waals surface area contributed by atoms with Crippen molar-refractivity contribution < 1.29 is 0 Å². The SMILES string of the molecule is Nc1nc2cccccc-2c(=O)n1. The average Bonchev–Trinajstić information content (AvgIpc) is 2.28. The van der Waals surface area contributed by atoms with Crippen molar-refractivity contribution in [1.29, 1.82) is 0 Å². The summed E-state index contributed by atoms with van der Waals surface area (Å²) in [7, 11) is 0. The Morgan fingerprint density at radius 2 is 1.85 bits per heavy atom. The van der Waals surface area contributed by atoms with Gasteiger partial charge in [0.25, 0.3) is 5.56 Å². The Balaban J connectivity index is 2.89. The molecule has 0 bridgehead atoms. The fourth-order valence-electron chi connectivity index (χ4n) is 1.13. The van der Waals surface area contributed by atoms with Crippen LogP contribution in [0.5, 0.6) is 0 Å². The third-order valence-electron chi connectivity index (χ3n) is 1.70. The van der Waals surface area contributed by atoms with Gasteiger partial charge in [-0.05, 0) is 12.1 Å². The van der Waals surface area contributed by atoms with Gasteiger partial charge in [0.1, 0.15) is 0 Å². The molecule has 0 unspecified atom stereocenters. The summed E-state index contributed by atoms with van der Waals surface area (Å²) in [5.41, 5.74) is 6.07. The average molecular weight is 173 g/mol. The summed E-state index contributed by atoms with van der Waals surface area (Å²) < 4.78 is 0. The molecule has 0 amide bonds. The Hall–Kier alpha value is -1.97. The molecule has 1 heterocycles. The molecule has 0 aromatic heterocycles. The van der Waals surface area contributed by atoms with Gasteiger partial charge in [0.2, 0.25) is 5.95 Å². The second-order valence-electron chi connectivity index (χ2n) is 2.60. The van der Waals surface area contributed by atoms with Crippen LogP contribution in [0.25, 0.3) is 11.3 Å². The first kappa shape index (κ1) is 7.67. The van der Waals surface area contributed by atoms with Gasteiger partial charge in [0.05, 0.1) is 11.3 Å². The molecule has 0 atom stereocenters. The topological polar surface area (TPSA) is 68.9 Å². The van der Waals surface area contributed by atoms with Gasteiger partial charge >= 0.3 is 0 Å². The highest BCUT2D eigenvalue weighted by molar-refractivity contribution is 5.59. The fourth-order valence-corrected chi connectivity index (χ4v) is 1.13.